The van der Waals surface area contributed by atoms with Crippen LogP contribution in [0.15, 0.2) is 42.6 Å². The first kappa shape index (κ1) is 25.8. The van der Waals surface area contributed by atoms with Crippen LogP contribution < -0.4 is 24.8 Å². The second-order valence-corrected chi connectivity index (χ2v) is 10.0. The van der Waals surface area contributed by atoms with Gasteiger partial charge in [-0.2, -0.15) is 0 Å². The fraction of sp³-hybridized carbons (Fsp3) is 0.407. The van der Waals surface area contributed by atoms with Crippen LogP contribution in [-0.2, 0) is 0 Å². The number of amides is 2. The van der Waals surface area contributed by atoms with Gasteiger partial charge in [-0.05, 0) is 48.9 Å². The molecule has 1 saturated carbocycles. The minimum Gasteiger partial charge on any atom is -0.493 e. The highest BCUT2D eigenvalue weighted by Gasteiger charge is 2.28. The Balaban J connectivity index is 1.47. The molecule has 1 heterocycles. The molecule has 1 aliphatic carbocycles. The number of alkyl halides is 1. The molecule has 1 fully saturated rings. The van der Waals surface area contributed by atoms with E-state index in [1.165, 1.54) is 19.2 Å². The number of hydrogen-bond acceptors (Lipinski definition) is 5. The lowest BCUT2D eigenvalue weighted by molar-refractivity contribution is 0.196. The zero-order valence-electron chi connectivity index (χ0n) is 20.7. The van der Waals surface area contributed by atoms with Crippen molar-refractivity contribution in [3.63, 3.8) is 0 Å². The van der Waals surface area contributed by atoms with E-state index in [0.717, 1.165) is 25.7 Å². The number of ether oxygens (including phenoxy) is 3. The molecule has 0 aliphatic heterocycles. The summed E-state index contributed by atoms with van der Waals surface area (Å²) in [7, 11) is 1.53. The Kier molecular flexibility index (Phi) is 8.04. The molecule has 0 saturated heterocycles. The first-order chi connectivity index (χ1) is 17.3. The highest BCUT2D eigenvalue weighted by molar-refractivity contribution is 6.18. The van der Waals surface area contributed by atoms with Crippen LogP contribution in [0.2, 0.25) is 0 Å². The molecule has 192 valence electrons. The number of carbonyl (C=O) groups is 1. The Labute approximate surface area is 215 Å². The summed E-state index contributed by atoms with van der Waals surface area (Å²) in [5.41, 5.74) is 1.15. The molecule has 2 amide bonds. The van der Waals surface area contributed by atoms with Crippen molar-refractivity contribution in [3.05, 3.63) is 48.4 Å². The zero-order chi connectivity index (χ0) is 25.7. The van der Waals surface area contributed by atoms with E-state index in [2.05, 4.69) is 29.5 Å². The fourth-order valence-corrected chi connectivity index (χ4v) is 4.67. The second kappa shape index (κ2) is 11.2. The van der Waals surface area contributed by atoms with E-state index in [4.69, 9.17) is 25.8 Å². The summed E-state index contributed by atoms with van der Waals surface area (Å²) in [6.45, 7) is 4.74. The van der Waals surface area contributed by atoms with Crippen LogP contribution in [0, 0.1) is 11.2 Å². The second-order valence-electron chi connectivity index (χ2n) is 9.67. The maximum Gasteiger partial charge on any atom is 0.319 e. The van der Waals surface area contributed by atoms with Gasteiger partial charge in [0.2, 0.25) is 0 Å². The summed E-state index contributed by atoms with van der Waals surface area (Å²) in [5, 5.41) is 6.35. The lowest BCUT2D eigenvalue weighted by Crippen LogP contribution is -2.42. The summed E-state index contributed by atoms with van der Waals surface area (Å²) in [4.78, 5) is 16.8. The SMILES string of the molecule is COc1cc2c(Oc3ccc(NC(=O)NC4CCCC(C)(C)C4)cc3F)ccnc2cc1OCCCl. The molecule has 0 radical (unpaired) electrons. The summed E-state index contributed by atoms with van der Waals surface area (Å²) < 4.78 is 31.9. The third-order valence-corrected chi connectivity index (χ3v) is 6.43. The number of aromatic nitrogens is 1. The van der Waals surface area contributed by atoms with Gasteiger partial charge < -0.3 is 24.8 Å². The predicted molar refractivity (Wildman–Crippen MR) is 139 cm³/mol. The van der Waals surface area contributed by atoms with Gasteiger partial charge in [0.15, 0.2) is 23.1 Å². The number of carbonyl (C=O) groups excluding carboxylic acids is 1. The number of anilines is 1. The van der Waals surface area contributed by atoms with Crippen LogP contribution in [0.4, 0.5) is 14.9 Å². The molecule has 2 aromatic carbocycles. The Bertz CT molecular complexity index is 1240. The van der Waals surface area contributed by atoms with Crippen molar-refractivity contribution in [1.29, 1.82) is 0 Å². The monoisotopic (exact) mass is 515 g/mol. The van der Waals surface area contributed by atoms with Crippen LogP contribution in [0.1, 0.15) is 39.5 Å². The number of nitrogens with one attached hydrogen (secondary N) is 2. The molecule has 1 unspecified atom stereocenters. The van der Waals surface area contributed by atoms with E-state index < -0.39 is 5.82 Å². The number of urea groups is 1. The Morgan fingerprint density at radius 1 is 1.17 bits per heavy atom. The molecule has 3 aromatic rings. The molecule has 9 heteroatoms. The van der Waals surface area contributed by atoms with E-state index in [0.29, 0.717) is 46.3 Å². The maximum absolute atomic E-state index is 14.9. The number of benzene rings is 2. The molecular weight excluding hydrogens is 485 g/mol. The molecule has 1 aliphatic rings. The number of halogens is 2. The quantitative estimate of drug-likeness (QED) is 0.319. The van der Waals surface area contributed by atoms with Crippen LogP contribution >= 0.6 is 11.6 Å². The summed E-state index contributed by atoms with van der Waals surface area (Å²) in [6, 6.07) is 9.19. The zero-order valence-corrected chi connectivity index (χ0v) is 21.5. The molecule has 36 heavy (non-hydrogen) atoms. The molecule has 0 spiro atoms. The van der Waals surface area contributed by atoms with Gasteiger partial charge in [-0.1, -0.05) is 20.3 Å². The van der Waals surface area contributed by atoms with Crippen molar-refractivity contribution in [3.8, 4) is 23.0 Å². The number of nitrogens with zero attached hydrogens (tertiary/aromatic N) is 1. The molecule has 1 atom stereocenters. The van der Waals surface area contributed by atoms with Crippen molar-refractivity contribution in [2.24, 2.45) is 5.41 Å². The highest BCUT2D eigenvalue weighted by atomic mass is 35.5. The standard InChI is InChI=1S/C27H31ClFN3O4/c1-27(2)9-4-5-18(16-27)32-26(33)31-17-6-7-23(20(29)13-17)36-22-8-11-30-21-15-25(35-12-10-28)24(34-3)14-19(21)22/h6-8,11,13-15,18H,4-5,9-10,12,16H2,1-3H3,(H2,31,32,33). The van der Waals surface area contributed by atoms with Crippen LogP contribution in [0.5, 0.6) is 23.0 Å². The fourth-order valence-electron chi connectivity index (χ4n) is 4.59. The molecular formula is C27H31ClFN3O4. The van der Waals surface area contributed by atoms with Crippen molar-refractivity contribution in [2.75, 3.05) is 24.9 Å². The normalized spacial score (nSPS) is 16.9. The van der Waals surface area contributed by atoms with Gasteiger partial charge in [-0.25, -0.2) is 9.18 Å². The average Bonchev–Trinajstić information content (AvgIpc) is 2.83. The average molecular weight is 516 g/mol. The molecule has 7 nitrogen and oxygen atoms in total. The van der Waals surface area contributed by atoms with Crippen molar-refractivity contribution < 1.29 is 23.4 Å². The van der Waals surface area contributed by atoms with Crippen molar-refractivity contribution in [2.45, 2.75) is 45.6 Å². The van der Waals surface area contributed by atoms with E-state index in [1.54, 1.807) is 30.5 Å². The Morgan fingerprint density at radius 2 is 2.00 bits per heavy atom. The summed E-state index contributed by atoms with van der Waals surface area (Å²) in [6.07, 6.45) is 5.67. The minimum atomic E-state index is -0.606. The van der Waals surface area contributed by atoms with Crippen LogP contribution in [0.25, 0.3) is 10.9 Å². The molecule has 0 bridgehead atoms. The number of pyridine rings is 1. The number of rotatable bonds is 8. The topological polar surface area (TPSA) is 81.7 Å². The summed E-state index contributed by atoms with van der Waals surface area (Å²) >= 11 is 5.72. The Morgan fingerprint density at radius 3 is 2.72 bits per heavy atom. The predicted octanol–water partition coefficient (Wildman–Crippen LogP) is 6.88. The van der Waals surface area contributed by atoms with Gasteiger partial charge >= 0.3 is 6.03 Å². The van der Waals surface area contributed by atoms with Gasteiger partial charge in [0, 0.05) is 35.4 Å². The van der Waals surface area contributed by atoms with E-state index in [1.807, 2.05) is 0 Å². The third-order valence-electron chi connectivity index (χ3n) is 6.27. The van der Waals surface area contributed by atoms with Crippen LogP contribution in [-0.4, -0.2) is 36.7 Å². The van der Waals surface area contributed by atoms with E-state index in [9.17, 15) is 9.18 Å². The number of hydrogen-bond donors (Lipinski definition) is 2. The van der Waals surface area contributed by atoms with Gasteiger partial charge in [0.05, 0.1) is 18.5 Å². The number of fused-ring (bicyclic) bond motifs is 1. The van der Waals surface area contributed by atoms with E-state index >= 15 is 0 Å². The maximum atomic E-state index is 14.9. The minimum absolute atomic E-state index is 0.0175. The highest BCUT2D eigenvalue weighted by Crippen LogP contribution is 2.38. The summed E-state index contributed by atoms with van der Waals surface area (Å²) in [5.74, 6) is 1.14. The lowest BCUT2D eigenvalue weighted by Gasteiger charge is -2.35. The van der Waals surface area contributed by atoms with Gasteiger partial charge in [-0.3, -0.25) is 4.98 Å². The van der Waals surface area contributed by atoms with Gasteiger partial charge in [0.1, 0.15) is 12.4 Å². The molecule has 2 N–H and O–H groups in total. The largest absolute Gasteiger partial charge is 0.493 e. The van der Waals surface area contributed by atoms with Crippen molar-refractivity contribution in [1.82, 2.24) is 10.3 Å². The third kappa shape index (κ3) is 6.29. The molecule has 4 rings (SSSR count). The first-order valence-corrected chi connectivity index (χ1v) is 12.5. The lowest BCUT2D eigenvalue weighted by atomic mass is 9.75. The van der Waals surface area contributed by atoms with E-state index in [-0.39, 0.29) is 23.2 Å². The van der Waals surface area contributed by atoms with Crippen LogP contribution in [0.3, 0.4) is 0 Å². The molecule has 1 aromatic heterocycles. The first-order valence-electron chi connectivity index (χ1n) is 12.0. The van der Waals surface area contributed by atoms with Crippen molar-refractivity contribution >= 4 is 34.2 Å². The number of methoxy groups -OCH3 is 1. The Hall–Kier alpha value is -3.26. The van der Waals surface area contributed by atoms with Gasteiger partial charge in [0.25, 0.3) is 0 Å². The smallest absolute Gasteiger partial charge is 0.319 e. The van der Waals surface area contributed by atoms with Gasteiger partial charge in [-0.15, -0.1) is 11.6 Å².